The molecule has 0 unspecified atom stereocenters. The molecule has 0 aliphatic rings. The molecule has 0 atom stereocenters. The van der Waals surface area contributed by atoms with E-state index in [4.69, 9.17) is 0 Å². The molecule has 3 rings (SSSR count). The summed E-state index contributed by atoms with van der Waals surface area (Å²) in [5.41, 5.74) is 2.94. The van der Waals surface area contributed by atoms with E-state index in [1.54, 1.807) is 0 Å². The maximum Gasteiger partial charge on any atom is 0.251 e. The quantitative estimate of drug-likeness (QED) is 0.522. The van der Waals surface area contributed by atoms with E-state index in [1.165, 1.54) is 5.56 Å². The fourth-order valence-corrected chi connectivity index (χ4v) is 3.48. The molecule has 5 heteroatoms. The van der Waals surface area contributed by atoms with Crippen LogP contribution in [0.4, 0.5) is 0 Å². The van der Waals surface area contributed by atoms with Crippen molar-refractivity contribution in [3.63, 3.8) is 0 Å². The molecule has 0 spiro atoms. The average molecular weight is 418 g/mol. The van der Waals surface area contributed by atoms with Crippen molar-refractivity contribution < 1.29 is 9.59 Å². The molecule has 0 fully saturated rings. The fraction of sp³-hybridized carbons (Fsp3) is 0.308. The SMILES string of the molecule is CCN(CC)Cc1ccc(CNC(=O)CCNC(=O)c2ccc3ccccc3c2)cc1. The third-order valence-corrected chi connectivity index (χ3v) is 5.46. The molecule has 3 aromatic carbocycles. The van der Waals surface area contributed by atoms with Gasteiger partial charge in [0.15, 0.2) is 0 Å². The molecule has 2 N–H and O–H groups in total. The Labute approximate surface area is 184 Å². The minimum absolute atomic E-state index is 0.0778. The Morgan fingerprint density at radius 1 is 0.806 bits per heavy atom. The number of benzene rings is 3. The lowest BCUT2D eigenvalue weighted by atomic mass is 10.1. The van der Waals surface area contributed by atoms with Crippen LogP contribution in [0.3, 0.4) is 0 Å². The monoisotopic (exact) mass is 417 g/mol. The van der Waals surface area contributed by atoms with E-state index < -0.39 is 0 Å². The highest BCUT2D eigenvalue weighted by molar-refractivity contribution is 5.98. The van der Waals surface area contributed by atoms with Crippen LogP contribution >= 0.6 is 0 Å². The highest BCUT2D eigenvalue weighted by atomic mass is 16.2. The van der Waals surface area contributed by atoms with Crippen LogP contribution in [0.25, 0.3) is 10.8 Å². The first-order chi connectivity index (χ1) is 15.1. The minimum Gasteiger partial charge on any atom is -0.352 e. The van der Waals surface area contributed by atoms with Gasteiger partial charge in [0.25, 0.3) is 5.91 Å². The largest absolute Gasteiger partial charge is 0.352 e. The molecule has 0 aliphatic heterocycles. The van der Waals surface area contributed by atoms with Crippen molar-refractivity contribution in [2.45, 2.75) is 33.4 Å². The number of fused-ring (bicyclic) bond motifs is 1. The number of hydrogen-bond donors (Lipinski definition) is 2. The predicted octanol–water partition coefficient (Wildman–Crippen LogP) is 4.12. The molecular formula is C26H31N3O2. The van der Waals surface area contributed by atoms with Crippen molar-refractivity contribution in [2.24, 2.45) is 0 Å². The number of amides is 2. The lowest BCUT2D eigenvalue weighted by Gasteiger charge is -2.18. The summed E-state index contributed by atoms with van der Waals surface area (Å²) < 4.78 is 0. The molecule has 5 nitrogen and oxygen atoms in total. The van der Waals surface area contributed by atoms with E-state index in [9.17, 15) is 9.59 Å². The predicted molar refractivity (Wildman–Crippen MR) is 126 cm³/mol. The van der Waals surface area contributed by atoms with Gasteiger partial charge in [-0.15, -0.1) is 0 Å². The van der Waals surface area contributed by atoms with Gasteiger partial charge in [0.2, 0.25) is 5.91 Å². The van der Waals surface area contributed by atoms with Gasteiger partial charge in [-0.05, 0) is 47.1 Å². The summed E-state index contributed by atoms with van der Waals surface area (Å²) >= 11 is 0. The maximum atomic E-state index is 12.4. The van der Waals surface area contributed by atoms with Crippen LogP contribution in [0.2, 0.25) is 0 Å². The number of hydrogen-bond acceptors (Lipinski definition) is 3. The summed E-state index contributed by atoms with van der Waals surface area (Å²) in [5, 5.41) is 7.86. The number of carbonyl (C=O) groups excluding carboxylic acids is 2. The second-order valence-corrected chi connectivity index (χ2v) is 7.62. The van der Waals surface area contributed by atoms with Crippen molar-refractivity contribution in [3.05, 3.63) is 83.4 Å². The fourth-order valence-electron chi connectivity index (χ4n) is 3.48. The molecule has 2 amide bonds. The molecule has 0 aromatic heterocycles. The Balaban J connectivity index is 1.40. The number of carbonyl (C=O) groups is 2. The van der Waals surface area contributed by atoms with Crippen molar-refractivity contribution in [1.82, 2.24) is 15.5 Å². The number of nitrogens with one attached hydrogen (secondary N) is 2. The highest BCUT2D eigenvalue weighted by Gasteiger charge is 2.08. The van der Waals surface area contributed by atoms with E-state index >= 15 is 0 Å². The zero-order valence-electron chi connectivity index (χ0n) is 18.4. The Hall–Kier alpha value is -3.18. The smallest absolute Gasteiger partial charge is 0.251 e. The molecule has 0 radical (unpaired) electrons. The standard InChI is InChI=1S/C26H31N3O2/c1-3-29(4-2)19-21-11-9-20(10-12-21)18-28-25(30)15-16-27-26(31)24-14-13-22-7-5-6-8-23(22)17-24/h5-14,17H,3-4,15-16,18-19H2,1-2H3,(H,27,31)(H,28,30). The lowest BCUT2D eigenvalue weighted by molar-refractivity contribution is -0.121. The summed E-state index contributed by atoms with van der Waals surface area (Å²) in [5.74, 6) is -0.242. The van der Waals surface area contributed by atoms with E-state index in [1.807, 2.05) is 42.5 Å². The van der Waals surface area contributed by atoms with Crippen LogP contribution in [-0.4, -0.2) is 36.3 Å². The minimum atomic E-state index is -0.164. The van der Waals surface area contributed by atoms with Gasteiger partial charge in [-0.25, -0.2) is 0 Å². The Bertz CT molecular complexity index is 1010. The molecule has 0 heterocycles. The van der Waals surface area contributed by atoms with Crippen LogP contribution in [0.5, 0.6) is 0 Å². The van der Waals surface area contributed by atoms with Crippen molar-refractivity contribution in [2.75, 3.05) is 19.6 Å². The van der Waals surface area contributed by atoms with E-state index in [2.05, 4.69) is 53.6 Å². The van der Waals surface area contributed by atoms with Crippen LogP contribution in [-0.2, 0) is 17.9 Å². The first-order valence-electron chi connectivity index (χ1n) is 10.9. The highest BCUT2D eigenvalue weighted by Crippen LogP contribution is 2.15. The first-order valence-corrected chi connectivity index (χ1v) is 10.9. The van der Waals surface area contributed by atoms with E-state index in [0.29, 0.717) is 18.7 Å². The molecule has 162 valence electrons. The Kier molecular flexibility index (Phi) is 8.19. The molecule has 3 aromatic rings. The second-order valence-electron chi connectivity index (χ2n) is 7.62. The van der Waals surface area contributed by atoms with Crippen molar-refractivity contribution >= 4 is 22.6 Å². The van der Waals surface area contributed by atoms with Crippen LogP contribution in [0.1, 0.15) is 41.8 Å². The van der Waals surface area contributed by atoms with Crippen molar-refractivity contribution in [1.29, 1.82) is 0 Å². The van der Waals surface area contributed by atoms with E-state index in [0.717, 1.165) is 36.0 Å². The molecule has 0 aliphatic carbocycles. The van der Waals surface area contributed by atoms with Gasteiger partial charge in [0.1, 0.15) is 0 Å². The van der Waals surface area contributed by atoms with Gasteiger partial charge in [0, 0.05) is 31.6 Å². The second kappa shape index (κ2) is 11.3. The van der Waals surface area contributed by atoms with Gasteiger partial charge >= 0.3 is 0 Å². The third-order valence-electron chi connectivity index (χ3n) is 5.46. The average Bonchev–Trinajstić information content (AvgIpc) is 2.81. The van der Waals surface area contributed by atoms with Crippen LogP contribution in [0, 0.1) is 0 Å². The lowest BCUT2D eigenvalue weighted by Crippen LogP contribution is -2.30. The van der Waals surface area contributed by atoms with E-state index in [-0.39, 0.29) is 18.2 Å². The summed E-state index contributed by atoms with van der Waals surface area (Å²) in [6.07, 6.45) is 0.249. The zero-order valence-corrected chi connectivity index (χ0v) is 18.4. The van der Waals surface area contributed by atoms with Crippen LogP contribution < -0.4 is 10.6 Å². The molecule has 31 heavy (non-hydrogen) atoms. The van der Waals surface area contributed by atoms with Crippen molar-refractivity contribution in [3.8, 4) is 0 Å². The van der Waals surface area contributed by atoms with Crippen LogP contribution in [0.15, 0.2) is 66.7 Å². The first kappa shape index (κ1) is 22.5. The molecule has 0 saturated carbocycles. The molecule has 0 saturated heterocycles. The normalized spacial score (nSPS) is 10.9. The van der Waals surface area contributed by atoms with Gasteiger partial charge in [-0.1, -0.05) is 68.4 Å². The maximum absolute atomic E-state index is 12.4. The zero-order chi connectivity index (χ0) is 22.1. The Morgan fingerprint density at radius 2 is 1.48 bits per heavy atom. The van der Waals surface area contributed by atoms with Gasteiger partial charge in [0.05, 0.1) is 0 Å². The molecular weight excluding hydrogens is 386 g/mol. The third kappa shape index (κ3) is 6.66. The summed E-state index contributed by atoms with van der Waals surface area (Å²) in [7, 11) is 0. The van der Waals surface area contributed by atoms with Gasteiger partial charge < -0.3 is 10.6 Å². The van der Waals surface area contributed by atoms with Gasteiger partial charge in [-0.2, -0.15) is 0 Å². The molecule has 0 bridgehead atoms. The number of rotatable bonds is 10. The summed E-state index contributed by atoms with van der Waals surface area (Å²) in [4.78, 5) is 26.8. The topological polar surface area (TPSA) is 61.4 Å². The van der Waals surface area contributed by atoms with Gasteiger partial charge in [-0.3, -0.25) is 14.5 Å². The number of nitrogens with zero attached hydrogens (tertiary/aromatic N) is 1. The Morgan fingerprint density at radius 3 is 2.19 bits per heavy atom. The summed E-state index contributed by atoms with van der Waals surface area (Å²) in [6.45, 7) is 8.13. The summed E-state index contributed by atoms with van der Waals surface area (Å²) in [6, 6.07) is 21.9.